The summed E-state index contributed by atoms with van der Waals surface area (Å²) in [5.41, 5.74) is 5.95. The Labute approximate surface area is 148 Å². The smallest absolute Gasteiger partial charge is 0.292 e. The van der Waals surface area contributed by atoms with Gasteiger partial charge in [-0.3, -0.25) is 25.1 Å². The summed E-state index contributed by atoms with van der Waals surface area (Å²) in [6.45, 7) is 1.87. The first-order chi connectivity index (χ1) is 12.6. The van der Waals surface area contributed by atoms with E-state index >= 15 is 0 Å². The minimum Gasteiger partial charge on any atom is -0.319 e. The first-order valence-electron chi connectivity index (χ1n) is 8.05. The lowest BCUT2D eigenvalue weighted by Gasteiger charge is -2.27. The van der Waals surface area contributed by atoms with Crippen molar-refractivity contribution in [1.82, 2.24) is 15.6 Å². The minimum absolute atomic E-state index is 0.0786. The maximum Gasteiger partial charge on any atom is 0.292 e. The van der Waals surface area contributed by atoms with Gasteiger partial charge in [-0.15, -0.1) is 0 Å². The van der Waals surface area contributed by atoms with Crippen molar-refractivity contribution in [2.45, 2.75) is 6.92 Å². The Morgan fingerprint density at radius 3 is 2.81 bits per heavy atom. The van der Waals surface area contributed by atoms with Crippen LogP contribution in [0.5, 0.6) is 0 Å². The van der Waals surface area contributed by atoms with E-state index in [1.807, 2.05) is 37.3 Å². The number of hydrogen-bond donors (Lipinski definition) is 3. The molecular weight excluding hydrogens is 332 g/mol. The molecule has 8 heteroatoms. The molecule has 2 heterocycles. The van der Waals surface area contributed by atoms with Crippen molar-refractivity contribution < 1.29 is 9.59 Å². The van der Waals surface area contributed by atoms with Crippen LogP contribution in [0, 0.1) is 6.92 Å². The fourth-order valence-electron chi connectivity index (χ4n) is 2.65. The molecule has 0 atom stereocenters. The van der Waals surface area contributed by atoms with Crippen LogP contribution < -0.4 is 15.8 Å². The van der Waals surface area contributed by atoms with Gasteiger partial charge in [0.05, 0.1) is 17.4 Å². The Bertz CT molecular complexity index is 1020. The number of aliphatic imine (C=N–C) groups is 1. The highest BCUT2D eigenvalue weighted by atomic mass is 16.2. The molecule has 1 aliphatic heterocycles. The van der Waals surface area contributed by atoms with Crippen molar-refractivity contribution in [3.8, 4) is 0 Å². The van der Waals surface area contributed by atoms with Crippen LogP contribution in [0.4, 0.5) is 11.4 Å². The van der Waals surface area contributed by atoms with E-state index in [1.54, 1.807) is 18.3 Å². The van der Waals surface area contributed by atoms with Gasteiger partial charge in [0, 0.05) is 11.1 Å². The minimum atomic E-state index is -0.423. The number of nitrogens with zero attached hydrogens (tertiary/aromatic N) is 3. The highest BCUT2D eigenvalue weighted by Gasteiger charge is 2.25. The molecule has 0 bridgehead atoms. The highest BCUT2D eigenvalue weighted by Crippen LogP contribution is 2.18. The molecule has 1 aliphatic rings. The van der Waals surface area contributed by atoms with E-state index in [2.05, 4.69) is 25.9 Å². The molecule has 0 fully saturated rings. The molecule has 0 unspecified atom stereocenters. The van der Waals surface area contributed by atoms with Crippen LogP contribution >= 0.6 is 0 Å². The molecule has 8 nitrogen and oxygen atoms in total. The number of amidine groups is 1. The van der Waals surface area contributed by atoms with Gasteiger partial charge in [0.15, 0.2) is 0 Å². The van der Waals surface area contributed by atoms with E-state index in [-0.39, 0.29) is 18.3 Å². The summed E-state index contributed by atoms with van der Waals surface area (Å²) in [5, 5.41) is 11.9. The lowest BCUT2D eigenvalue weighted by Crippen LogP contribution is -2.54. The Kier molecular flexibility index (Phi) is 3.85. The molecule has 0 radical (unpaired) electrons. The van der Waals surface area contributed by atoms with E-state index in [9.17, 15) is 9.59 Å². The third kappa shape index (κ3) is 3.00. The molecule has 1 aromatic heterocycles. The topological polar surface area (TPSA) is 102 Å². The fraction of sp³-hybridized carbons (Fsp3) is 0.111. The summed E-state index contributed by atoms with van der Waals surface area (Å²) in [7, 11) is 0. The monoisotopic (exact) mass is 348 g/mol. The number of hydrazine groups is 1. The van der Waals surface area contributed by atoms with Gasteiger partial charge in [-0.2, -0.15) is 5.10 Å². The summed E-state index contributed by atoms with van der Waals surface area (Å²) in [5.74, 6) is -0.576. The first-order valence-corrected chi connectivity index (χ1v) is 8.05. The summed E-state index contributed by atoms with van der Waals surface area (Å²) in [6.07, 6.45) is 1.71. The third-order valence-corrected chi connectivity index (χ3v) is 4.05. The van der Waals surface area contributed by atoms with Crippen LogP contribution in [0.2, 0.25) is 0 Å². The molecule has 0 spiro atoms. The van der Waals surface area contributed by atoms with Crippen LogP contribution in [-0.4, -0.2) is 34.4 Å². The standard InChI is InChI=1S/C18H16N6O2/c1-11-2-6-14(7-3-11)24-16(25)10-19-17(23-24)18(26)21-13-5-4-12-9-20-22-15(12)8-13/h2-9H,10H2,1H3,(H,19,23)(H,20,22)(H,21,26). The number of carbonyl (C=O) groups is 2. The summed E-state index contributed by atoms with van der Waals surface area (Å²) in [6, 6.07) is 12.8. The molecule has 0 saturated carbocycles. The molecule has 4 rings (SSSR count). The number of fused-ring (bicyclic) bond motifs is 1. The van der Waals surface area contributed by atoms with Gasteiger partial charge >= 0.3 is 0 Å². The average molecular weight is 348 g/mol. The van der Waals surface area contributed by atoms with Crippen molar-refractivity contribution in [3.63, 3.8) is 0 Å². The summed E-state index contributed by atoms with van der Waals surface area (Å²) >= 11 is 0. The predicted molar refractivity (Wildman–Crippen MR) is 98.8 cm³/mol. The van der Waals surface area contributed by atoms with Gasteiger partial charge in [-0.1, -0.05) is 17.7 Å². The molecular formula is C18H16N6O2. The van der Waals surface area contributed by atoms with E-state index in [1.165, 1.54) is 5.01 Å². The van der Waals surface area contributed by atoms with E-state index in [0.29, 0.717) is 11.4 Å². The molecule has 2 amide bonds. The van der Waals surface area contributed by atoms with Gasteiger partial charge in [0.25, 0.3) is 11.8 Å². The predicted octanol–water partition coefficient (Wildman–Crippen LogP) is 1.76. The SMILES string of the molecule is Cc1ccc(N2NC(C(=O)Nc3ccc4cn[nH]c4c3)=NCC2=O)cc1. The maximum atomic E-state index is 12.5. The van der Waals surface area contributed by atoms with Crippen molar-refractivity contribution in [1.29, 1.82) is 0 Å². The zero-order valence-electron chi connectivity index (χ0n) is 14.0. The number of hydrogen-bond acceptors (Lipinski definition) is 5. The molecule has 0 saturated heterocycles. The summed E-state index contributed by atoms with van der Waals surface area (Å²) in [4.78, 5) is 28.7. The largest absolute Gasteiger partial charge is 0.319 e. The van der Waals surface area contributed by atoms with Crippen molar-refractivity contribution in [3.05, 3.63) is 54.2 Å². The van der Waals surface area contributed by atoms with Crippen molar-refractivity contribution in [2.24, 2.45) is 4.99 Å². The van der Waals surface area contributed by atoms with Gasteiger partial charge in [0.2, 0.25) is 5.84 Å². The lowest BCUT2D eigenvalue weighted by atomic mass is 10.2. The lowest BCUT2D eigenvalue weighted by molar-refractivity contribution is -0.118. The maximum absolute atomic E-state index is 12.5. The van der Waals surface area contributed by atoms with Crippen molar-refractivity contribution in [2.75, 3.05) is 16.9 Å². The van der Waals surface area contributed by atoms with E-state index in [4.69, 9.17) is 0 Å². The van der Waals surface area contributed by atoms with Crippen LogP contribution in [-0.2, 0) is 9.59 Å². The van der Waals surface area contributed by atoms with Crippen LogP contribution in [0.15, 0.2) is 53.7 Å². The van der Waals surface area contributed by atoms with Crippen LogP contribution in [0.1, 0.15) is 5.56 Å². The van der Waals surface area contributed by atoms with Gasteiger partial charge < -0.3 is 5.32 Å². The Morgan fingerprint density at radius 1 is 1.19 bits per heavy atom. The van der Waals surface area contributed by atoms with Gasteiger partial charge in [0.1, 0.15) is 6.54 Å². The molecule has 130 valence electrons. The normalized spacial score (nSPS) is 14.1. The second-order valence-electron chi connectivity index (χ2n) is 5.97. The first kappa shape index (κ1) is 15.8. The number of H-pyrrole nitrogens is 1. The number of rotatable bonds is 3. The zero-order chi connectivity index (χ0) is 18.1. The Morgan fingerprint density at radius 2 is 2.00 bits per heavy atom. The number of aryl methyl sites for hydroxylation is 1. The van der Waals surface area contributed by atoms with Gasteiger partial charge in [-0.05, 0) is 37.3 Å². The zero-order valence-corrected chi connectivity index (χ0v) is 14.0. The molecule has 3 aromatic rings. The second-order valence-corrected chi connectivity index (χ2v) is 5.97. The van der Waals surface area contributed by atoms with E-state index in [0.717, 1.165) is 16.5 Å². The number of aromatic nitrogens is 2. The highest BCUT2D eigenvalue weighted by molar-refractivity contribution is 6.43. The number of anilines is 2. The molecule has 26 heavy (non-hydrogen) atoms. The molecule has 3 N–H and O–H groups in total. The van der Waals surface area contributed by atoms with E-state index < -0.39 is 5.91 Å². The average Bonchev–Trinajstić information content (AvgIpc) is 3.10. The molecule has 2 aromatic carbocycles. The third-order valence-electron chi connectivity index (χ3n) is 4.05. The van der Waals surface area contributed by atoms with Gasteiger partial charge in [-0.25, -0.2) is 5.01 Å². The number of benzene rings is 2. The quantitative estimate of drug-likeness (QED) is 0.671. The summed E-state index contributed by atoms with van der Waals surface area (Å²) < 4.78 is 0. The van der Waals surface area contributed by atoms with Crippen LogP contribution in [0.3, 0.4) is 0 Å². The molecule has 0 aliphatic carbocycles. The number of nitrogens with one attached hydrogen (secondary N) is 3. The van der Waals surface area contributed by atoms with Crippen LogP contribution in [0.25, 0.3) is 10.9 Å². The van der Waals surface area contributed by atoms with Crippen molar-refractivity contribution >= 4 is 39.9 Å². The Balaban J connectivity index is 1.52. The fourth-order valence-corrected chi connectivity index (χ4v) is 2.65. The Hall–Kier alpha value is -3.68. The number of aromatic amines is 1. The second kappa shape index (κ2) is 6.32. The number of amides is 2. The number of carbonyl (C=O) groups excluding carboxylic acids is 2.